The van der Waals surface area contributed by atoms with E-state index < -0.39 is 11.9 Å². The Balaban J connectivity index is 2.65. The van der Waals surface area contributed by atoms with Crippen molar-refractivity contribution in [3.05, 3.63) is 34.9 Å². The second-order valence-electron chi connectivity index (χ2n) is 3.80. The summed E-state index contributed by atoms with van der Waals surface area (Å²) in [7, 11) is 0. The zero-order valence-corrected chi connectivity index (χ0v) is 11.7. The Kier molecular flexibility index (Phi) is 5.50. The van der Waals surface area contributed by atoms with Gasteiger partial charge in [-0.2, -0.15) is 0 Å². The molecular formula is C12H15ClN2O2S. The fraction of sp³-hybridized carbons (Fsp3) is 0.333. The van der Waals surface area contributed by atoms with Crippen LogP contribution in [-0.2, 0) is 4.79 Å². The van der Waals surface area contributed by atoms with Crippen LogP contribution in [0.25, 0.3) is 0 Å². The number of imide groups is 1. The van der Waals surface area contributed by atoms with Crippen molar-refractivity contribution in [2.24, 2.45) is 5.73 Å². The minimum atomic E-state index is -0.835. The molecule has 1 rings (SSSR count). The quantitative estimate of drug-likeness (QED) is 0.894. The molecule has 4 nitrogen and oxygen atoms in total. The molecule has 0 bridgehead atoms. The summed E-state index contributed by atoms with van der Waals surface area (Å²) in [5, 5.41) is 2.39. The molecule has 1 aromatic carbocycles. The topological polar surface area (TPSA) is 72.2 Å². The zero-order chi connectivity index (χ0) is 13.7. The van der Waals surface area contributed by atoms with Gasteiger partial charge in [-0.05, 0) is 25.5 Å². The number of carbonyl (C=O) groups is 2. The van der Waals surface area contributed by atoms with Crippen molar-refractivity contribution in [3.8, 4) is 0 Å². The second-order valence-corrected chi connectivity index (χ2v) is 5.89. The molecule has 0 spiro atoms. The number of primary amides is 1. The second kappa shape index (κ2) is 6.66. The number of nitrogens with one attached hydrogen (secondary N) is 1. The van der Waals surface area contributed by atoms with E-state index in [1.807, 2.05) is 31.2 Å². The van der Waals surface area contributed by atoms with Crippen molar-refractivity contribution in [1.29, 1.82) is 0 Å². The number of amides is 3. The molecule has 0 fully saturated rings. The summed E-state index contributed by atoms with van der Waals surface area (Å²) in [5.41, 5.74) is 5.86. The molecule has 98 valence electrons. The Bertz CT molecular complexity index is 453. The third-order valence-corrected chi connectivity index (χ3v) is 4.00. The molecule has 3 N–H and O–H groups in total. The van der Waals surface area contributed by atoms with E-state index in [1.54, 1.807) is 6.92 Å². The normalized spacial score (nSPS) is 13.7. The number of benzene rings is 1. The van der Waals surface area contributed by atoms with Crippen LogP contribution in [0, 0.1) is 0 Å². The summed E-state index contributed by atoms with van der Waals surface area (Å²) in [5.74, 6) is -0.397. The average molecular weight is 287 g/mol. The first-order valence-corrected chi connectivity index (χ1v) is 6.74. The Morgan fingerprint density at radius 1 is 1.33 bits per heavy atom. The first-order chi connectivity index (χ1) is 8.41. The van der Waals surface area contributed by atoms with Gasteiger partial charge in [-0.25, -0.2) is 4.79 Å². The molecule has 1 aromatic rings. The van der Waals surface area contributed by atoms with E-state index in [0.29, 0.717) is 5.02 Å². The summed E-state index contributed by atoms with van der Waals surface area (Å²) in [6.07, 6.45) is 0. The number of hydrogen-bond donors (Lipinski definition) is 2. The first kappa shape index (κ1) is 14.9. The number of hydrogen-bond acceptors (Lipinski definition) is 3. The van der Waals surface area contributed by atoms with E-state index in [-0.39, 0.29) is 10.5 Å². The molecule has 0 aliphatic carbocycles. The maximum absolute atomic E-state index is 11.5. The van der Waals surface area contributed by atoms with Crippen molar-refractivity contribution in [3.63, 3.8) is 0 Å². The van der Waals surface area contributed by atoms with Gasteiger partial charge in [0.15, 0.2) is 0 Å². The molecule has 0 aliphatic heterocycles. The molecule has 0 aromatic heterocycles. The van der Waals surface area contributed by atoms with E-state index in [0.717, 1.165) is 5.56 Å². The SMILES string of the molecule is C[C@@H](S[C@H](C)c1ccccc1Cl)C(=O)NC(N)=O. The Morgan fingerprint density at radius 3 is 2.50 bits per heavy atom. The highest BCUT2D eigenvalue weighted by Crippen LogP contribution is 2.35. The van der Waals surface area contributed by atoms with E-state index in [4.69, 9.17) is 17.3 Å². The molecule has 0 saturated heterocycles. The molecule has 6 heteroatoms. The van der Waals surface area contributed by atoms with Crippen LogP contribution in [0.3, 0.4) is 0 Å². The van der Waals surface area contributed by atoms with Gasteiger partial charge in [-0.3, -0.25) is 10.1 Å². The lowest BCUT2D eigenvalue weighted by molar-refractivity contribution is -0.119. The molecule has 0 aliphatic rings. The Morgan fingerprint density at radius 2 is 1.94 bits per heavy atom. The number of nitrogens with two attached hydrogens (primary N) is 1. The fourth-order valence-electron chi connectivity index (χ4n) is 1.47. The van der Waals surface area contributed by atoms with Crippen molar-refractivity contribution in [1.82, 2.24) is 5.32 Å². The van der Waals surface area contributed by atoms with Gasteiger partial charge < -0.3 is 5.73 Å². The summed E-state index contributed by atoms with van der Waals surface area (Å²) < 4.78 is 0. The van der Waals surface area contributed by atoms with Gasteiger partial charge in [-0.1, -0.05) is 29.8 Å². The summed E-state index contributed by atoms with van der Waals surface area (Å²) >= 11 is 7.49. The van der Waals surface area contributed by atoms with Gasteiger partial charge in [0.25, 0.3) is 0 Å². The van der Waals surface area contributed by atoms with Gasteiger partial charge in [0.05, 0.1) is 5.25 Å². The van der Waals surface area contributed by atoms with Gasteiger partial charge in [0.1, 0.15) is 0 Å². The van der Waals surface area contributed by atoms with Crippen LogP contribution in [-0.4, -0.2) is 17.2 Å². The van der Waals surface area contributed by atoms with Crippen LogP contribution in [0.4, 0.5) is 4.79 Å². The number of rotatable bonds is 4. The summed E-state index contributed by atoms with van der Waals surface area (Å²) in [6.45, 7) is 3.68. The van der Waals surface area contributed by atoms with Crippen LogP contribution in [0.15, 0.2) is 24.3 Å². The predicted octanol–water partition coefficient (Wildman–Crippen LogP) is 2.72. The van der Waals surface area contributed by atoms with Crippen LogP contribution in [0.2, 0.25) is 5.02 Å². The van der Waals surface area contributed by atoms with Crippen LogP contribution in [0.1, 0.15) is 24.7 Å². The van der Waals surface area contributed by atoms with E-state index in [1.165, 1.54) is 11.8 Å². The van der Waals surface area contributed by atoms with E-state index >= 15 is 0 Å². The van der Waals surface area contributed by atoms with Gasteiger partial charge in [-0.15, -0.1) is 11.8 Å². The van der Waals surface area contributed by atoms with Crippen molar-refractivity contribution < 1.29 is 9.59 Å². The van der Waals surface area contributed by atoms with Crippen molar-refractivity contribution in [2.75, 3.05) is 0 Å². The maximum atomic E-state index is 11.5. The predicted molar refractivity (Wildman–Crippen MR) is 74.6 cm³/mol. The standard InChI is InChI=1S/C12H15ClN2O2S/c1-7(9-5-3-4-6-10(9)13)18-8(2)11(16)15-12(14)17/h3-8H,1-2H3,(H3,14,15,16,17)/t7-,8-/m1/s1. The third kappa shape index (κ3) is 4.23. The number of urea groups is 1. The third-order valence-electron chi connectivity index (χ3n) is 2.37. The highest BCUT2D eigenvalue weighted by molar-refractivity contribution is 8.00. The molecule has 0 radical (unpaired) electrons. The fourth-order valence-corrected chi connectivity index (χ4v) is 2.98. The molecule has 18 heavy (non-hydrogen) atoms. The molecule has 0 saturated carbocycles. The minimum absolute atomic E-state index is 0.0485. The number of thioether (sulfide) groups is 1. The zero-order valence-electron chi connectivity index (χ0n) is 10.1. The first-order valence-electron chi connectivity index (χ1n) is 5.42. The molecule has 2 atom stereocenters. The smallest absolute Gasteiger partial charge is 0.318 e. The minimum Gasteiger partial charge on any atom is -0.351 e. The highest BCUT2D eigenvalue weighted by atomic mass is 35.5. The summed E-state index contributed by atoms with van der Waals surface area (Å²) in [4.78, 5) is 22.1. The van der Waals surface area contributed by atoms with Gasteiger partial charge in [0, 0.05) is 10.3 Å². The van der Waals surface area contributed by atoms with Crippen molar-refractivity contribution >= 4 is 35.3 Å². The molecule has 3 amide bonds. The highest BCUT2D eigenvalue weighted by Gasteiger charge is 2.20. The number of halogens is 1. The van der Waals surface area contributed by atoms with Crippen LogP contribution in [0.5, 0.6) is 0 Å². The molecule has 0 heterocycles. The lowest BCUT2D eigenvalue weighted by atomic mass is 10.2. The Hall–Kier alpha value is -1.20. The van der Waals surface area contributed by atoms with E-state index in [2.05, 4.69) is 5.32 Å². The lowest BCUT2D eigenvalue weighted by Gasteiger charge is -2.17. The van der Waals surface area contributed by atoms with Gasteiger partial charge >= 0.3 is 6.03 Å². The van der Waals surface area contributed by atoms with Crippen LogP contribution >= 0.6 is 23.4 Å². The van der Waals surface area contributed by atoms with E-state index in [9.17, 15) is 9.59 Å². The summed E-state index contributed by atoms with van der Waals surface area (Å²) in [6, 6.07) is 6.64. The monoisotopic (exact) mass is 286 g/mol. The molecule has 0 unspecified atom stereocenters. The van der Waals surface area contributed by atoms with Gasteiger partial charge in [0.2, 0.25) is 5.91 Å². The maximum Gasteiger partial charge on any atom is 0.318 e. The lowest BCUT2D eigenvalue weighted by Crippen LogP contribution is -2.39. The Labute approximate surface area is 115 Å². The van der Waals surface area contributed by atoms with Crippen LogP contribution < -0.4 is 11.1 Å². The molecular weight excluding hydrogens is 272 g/mol. The van der Waals surface area contributed by atoms with Crippen molar-refractivity contribution in [2.45, 2.75) is 24.3 Å². The average Bonchev–Trinajstić information content (AvgIpc) is 2.28. The largest absolute Gasteiger partial charge is 0.351 e. The number of carbonyl (C=O) groups excluding carboxylic acids is 2.